The van der Waals surface area contributed by atoms with Crippen LogP contribution in [0.2, 0.25) is 0 Å². The predicted molar refractivity (Wildman–Crippen MR) is 71.4 cm³/mol. The van der Waals surface area contributed by atoms with Gasteiger partial charge in [-0.2, -0.15) is 7.11 Å². The van der Waals surface area contributed by atoms with Crippen LogP contribution < -0.4 is 5.11 Å². The molecule has 0 aliphatic carbocycles. The third-order valence-electron chi connectivity index (χ3n) is 3.15. The summed E-state index contributed by atoms with van der Waals surface area (Å²) in [7, 11) is 3.20. The molecule has 0 rings (SSSR count). The zero-order valence-electron chi connectivity index (χ0n) is 12.2. The van der Waals surface area contributed by atoms with Gasteiger partial charge in [-0.15, -0.1) is 0 Å². The van der Waals surface area contributed by atoms with Crippen LogP contribution in [-0.2, 0) is 0 Å². The van der Waals surface area contributed by atoms with Gasteiger partial charge >= 0.3 is 0 Å². The molecule has 0 bridgehead atoms. The fourth-order valence-electron chi connectivity index (χ4n) is 1.95. The summed E-state index contributed by atoms with van der Waals surface area (Å²) in [5.74, 6) is 0. The largest absolute Gasteiger partial charge is 0.857 e. The van der Waals surface area contributed by atoms with Crippen molar-refractivity contribution in [1.82, 2.24) is 0 Å². The second-order valence-electron chi connectivity index (χ2n) is 4.85. The van der Waals surface area contributed by atoms with Crippen molar-refractivity contribution in [3.63, 3.8) is 0 Å². The molecule has 0 aliphatic rings. The zero-order chi connectivity index (χ0) is 12.9. The highest BCUT2D eigenvalue weighted by atomic mass is 16.2. The van der Waals surface area contributed by atoms with Gasteiger partial charge in [0.2, 0.25) is 0 Å². The first-order valence-electron chi connectivity index (χ1n) is 6.93. The average Bonchev–Trinajstić information content (AvgIpc) is 2.34. The molecule has 100 valence electrons. The summed E-state index contributed by atoms with van der Waals surface area (Å²) in [5, 5.41) is 8.25. The van der Waals surface area contributed by atoms with Gasteiger partial charge < -0.3 is 9.59 Å². The normalized spacial score (nSPS) is 10.9. The molecule has 0 N–H and O–H groups in total. The van der Waals surface area contributed by atoms with Crippen LogP contribution in [0.25, 0.3) is 0 Å². The maximum absolute atomic E-state index is 8.25. The van der Waals surface area contributed by atoms with Gasteiger partial charge in [0.1, 0.15) is 0 Å². The van der Waals surface area contributed by atoms with Gasteiger partial charge in [-0.1, -0.05) is 40.0 Å². The fourth-order valence-corrected chi connectivity index (χ4v) is 1.95. The summed E-state index contributed by atoms with van der Waals surface area (Å²) in [6.45, 7) is 11.0. The van der Waals surface area contributed by atoms with Crippen LogP contribution in [0.5, 0.6) is 0 Å². The SMILES string of the molecule is CCCC[N+](C)(CCCC)CCCC.C[O-]. The van der Waals surface area contributed by atoms with Gasteiger partial charge in [-0.05, 0) is 19.3 Å². The first-order chi connectivity index (χ1) is 7.68. The van der Waals surface area contributed by atoms with E-state index in [1.165, 1.54) is 62.6 Å². The monoisotopic (exact) mass is 231 g/mol. The molecule has 0 atom stereocenters. The van der Waals surface area contributed by atoms with E-state index in [9.17, 15) is 0 Å². The summed E-state index contributed by atoms with van der Waals surface area (Å²) >= 11 is 0. The molecule has 0 heterocycles. The highest BCUT2D eigenvalue weighted by molar-refractivity contribution is 4.43. The summed E-state index contributed by atoms with van der Waals surface area (Å²) in [5.41, 5.74) is 0. The van der Waals surface area contributed by atoms with E-state index in [1.807, 2.05) is 0 Å². The minimum Gasteiger partial charge on any atom is -0.857 e. The van der Waals surface area contributed by atoms with Crippen molar-refractivity contribution >= 4 is 0 Å². The minimum atomic E-state index is 0.750. The first-order valence-corrected chi connectivity index (χ1v) is 6.93. The molecule has 0 aliphatic heterocycles. The maximum Gasteiger partial charge on any atom is 0.0784 e. The number of unbranched alkanes of at least 4 members (excludes halogenated alkanes) is 3. The third kappa shape index (κ3) is 10.4. The Hall–Kier alpha value is -0.0800. The number of hydrogen-bond acceptors (Lipinski definition) is 1. The van der Waals surface area contributed by atoms with Gasteiger partial charge in [0.05, 0.1) is 26.7 Å². The van der Waals surface area contributed by atoms with Gasteiger partial charge in [0.15, 0.2) is 0 Å². The van der Waals surface area contributed by atoms with E-state index in [2.05, 4.69) is 27.8 Å². The fraction of sp³-hybridized carbons (Fsp3) is 1.00. The molecular formula is C14H33NO. The van der Waals surface area contributed by atoms with Crippen LogP contribution in [0.3, 0.4) is 0 Å². The van der Waals surface area contributed by atoms with Crippen LogP contribution in [0.15, 0.2) is 0 Å². The number of hydrogen-bond donors (Lipinski definition) is 0. The highest BCUT2D eigenvalue weighted by Gasteiger charge is 2.18. The molecule has 2 heteroatoms. The molecule has 16 heavy (non-hydrogen) atoms. The Morgan fingerprint density at radius 1 is 0.688 bits per heavy atom. The molecule has 0 radical (unpaired) electrons. The van der Waals surface area contributed by atoms with Crippen molar-refractivity contribution in [2.45, 2.75) is 59.3 Å². The lowest BCUT2D eigenvalue weighted by molar-refractivity contribution is -0.910. The molecule has 0 aromatic rings. The lowest BCUT2D eigenvalue weighted by Gasteiger charge is -2.34. The standard InChI is InChI=1S/C13H30N.CH3O/c1-5-8-11-14(4,12-9-6-2)13-10-7-3;1-2/h5-13H2,1-4H3;1H3/q+1;-1. The van der Waals surface area contributed by atoms with E-state index >= 15 is 0 Å². The van der Waals surface area contributed by atoms with Crippen LogP contribution in [-0.4, -0.2) is 38.3 Å². The topological polar surface area (TPSA) is 23.1 Å². The lowest BCUT2D eigenvalue weighted by Crippen LogP contribution is -2.46. The summed E-state index contributed by atoms with van der Waals surface area (Å²) < 4.78 is 1.32. The minimum absolute atomic E-state index is 0.750. The molecular weight excluding hydrogens is 198 g/mol. The van der Waals surface area contributed by atoms with Crippen molar-refractivity contribution in [2.75, 3.05) is 33.8 Å². The second kappa shape index (κ2) is 13.0. The van der Waals surface area contributed by atoms with Crippen molar-refractivity contribution in [2.24, 2.45) is 0 Å². The van der Waals surface area contributed by atoms with E-state index in [4.69, 9.17) is 5.11 Å². The number of quaternary nitrogens is 1. The van der Waals surface area contributed by atoms with Gasteiger partial charge in [0, 0.05) is 0 Å². The summed E-state index contributed by atoms with van der Waals surface area (Å²) in [4.78, 5) is 0. The molecule has 0 aromatic carbocycles. The molecule has 0 spiro atoms. The third-order valence-corrected chi connectivity index (χ3v) is 3.15. The number of nitrogens with zero attached hydrogens (tertiary/aromatic N) is 1. The Morgan fingerprint density at radius 3 is 1.12 bits per heavy atom. The van der Waals surface area contributed by atoms with E-state index < -0.39 is 0 Å². The van der Waals surface area contributed by atoms with Gasteiger partial charge in [-0.3, -0.25) is 0 Å². The molecule has 0 saturated heterocycles. The molecule has 0 amide bonds. The first kappa shape index (κ1) is 18.3. The van der Waals surface area contributed by atoms with E-state index in [-0.39, 0.29) is 0 Å². The van der Waals surface area contributed by atoms with Crippen molar-refractivity contribution in [3.8, 4) is 0 Å². The molecule has 2 nitrogen and oxygen atoms in total. The predicted octanol–water partition coefficient (Wildman–Crippen LogP) is 2.81. The molecule has 0 unspecified atom stereocenters. The Balaban J connectivity index is 0. The Kier molecular flexibility index (Phi) is 14.8. The van der Waals surface area contributed by atoms with E-state index in [1.54, 1.807) is 0 Å². The Morgan fingerprint density at radius 2 is 0.938 bits per heavy atom. The summed E-state index contributed by atoms with van der Waals surface area (Å²) in [6, 6.07) is 0. The van der Waals surface area contributed by atoms with Crippen molar-refractivity contribution in [3.05, 3.63) is 0 Å². The van der Waals surface area contributed by atoms with Gasteiger partial charge in [0.25, 0.3) is 0 Å². The van der Waals surface area contributed by atoms with E-state index in [0.717, 1.165) is 7.11 Å². The van der Waals surface area contributed by atoms with E-state index in [0.29, 0.717) is 0 Å². The maximum atomic E-state index is 8.25. The molecule has 0 fully saturated rings. The van der Waals surface area contributed by atoms with Crippen molar-refractivity contribution < 1.29 is 9.59 Å². The second-order valence-corrected chi connectivity index (χ2v) is 4.85. The van der Waals surface area contributed by atoms with Crippen molar-refractivity contribution in [1.29, 1.82) is 0 Å². The molecule has 0 saturated carbocycles. The van der Waals surface area contributed by atoms with Gasteiger partial charge in [-0.25, -0.2) is 0 Å². The Bertz CT molecular complexity index is 104. The van der Waals surface area contributed by atoms with Crippen LogP contribution in [0, 0.1) is 0 Å². The summed E-state index contributed by atoms with van der Waals surface area (Å²) in [6.07, 6.45) is 8.20. The van der Waals surface area contributed by atoms with Crippen LogP contribution in [0.1, 0.15) is 59.3 Å². The van der Waals surface area contributed by atoms with Crippen LogP contribution >= 0.6 is 0 Å². The molecule has 0 aromatic heterocycles. The highest BCUT2D eigenvalue weighted by Crippen LogP contribution is 2.10. The average molecular weight is 231 g/mol. The quantitative estimate of drug-likeness (QED) is 0.560. The number of rotatable bonds is 9. The zero-order valence-corrected chi connectivity index (χ0v) is 12.2. The lowest BCUT2D eigenvalue weighted by atomic mass is 10.2. The smallest absolute Gasteiger partial charge is 0.0784 e. The van der Waals surface area contributed by atoms with Crippen LogP contribution in [0.4, 0.5) is 0 Å². The Labute approximate surface area is 103 Å².